The van der Waals surface area contributed by atoms with Crippen molar-refractivity contribution < 1.29 is 9.53 Å². The van der Waals surface area contributed by atoms with Gasteiger partial charge in [0.25, 0.3) is 0 Å². The van der Waals surface area contributed by atoms with Crippen LogP contribution in [0.1, 0.15) is 27.2 Å². The highest BCUT2D eigenvalue weighted by atomic mass is 16.5. The van der Waals surface area contributed by atoms with Crippen LogP contribution < -0.4 is 4.90 Å². The summed E-state index contributed by atoms with van der Waals surface area (Å²) < 4.78 is 5.01. The van der Waals surface area contributed by atoms with E-state index < -0.39 is 0 Å². The third-order valence-electron chi connectivity index (χ3n) is 2.65. The Balaban J connectivity index is 2.44. The van der Waals surface area contributed by atoms with E-state index in [1.54, 1.807) is 0 Å². The SMILES string of the molecule is CCN(CC#CCC(C)OC(C)=O)c1ccccc1. The molecule has 0 aliphatic heterocycles. The summed E-state index contributed by atoms with van der Waals surface area (Å²) >= 11 is 0. The number of ether oxygens (including phenoxy) is 1. The monoisotopic (exact) mass is 259 g/mol. The molecule has 1 aromatic rings. The topological polar surface area (TPSA) is 29.5 Å². The van der Waals surface area contributed by atoms with Gasteiger partial charge in [0.15, 0.2) is 0 Å². The molecule has 0 aliphatic rings. The number of carbonyl (C=O) groups is 1. The van der Waals surface area contributed by atoms with E-state index >= 15 is 0 Å². The highest BCUT2D eigenvalue weighted by molar-refractivity contribution is 5.66. The van der Waals surface area contributed by atoms with E-state index in [1.165, 1.54) is 12.6 Å². The van der Waals surface area contributed by atoms with Crippen LogP contribution in [0.5, 0.6) is 0 Å². The van der Waals surface area contributed by atoms with Gasteiger partial charge in [-0.15, -0.1) is 0 Å². The van der Waals surface area contributed by atoms with Crippen LogP contribution in [-0.2, 0) is 9.53 Å². The molecule has 1 rings (SSSR count). The molecule has 19 heavy (non-hydrogen) atoms. The van der Waals surface area contributed by atoms with E-state index in [0.29, 0.717) is 13.0 Å². The lowest BCUT2D eigenvalue weighted by atomic mass is 10.2. The van der Waals surface area contributed by atoms with E-state index in [2.05, 4.69) is 35.8 Å². The van der Waals surface area contributed by atoms with Crippen molar-refractivity contribution in [3.63, 3.8) is 0 Å². The summed E-state index contributed by atoms with van der Waals surface area (Å²) in [5.41, 5.74) is 1.17. The smallest absolute Gasteiger partial charge is 0.302 e. The van der Waals surface area contributed by atoms with Crippen molar-refractivity contribution in [2.24, 2.45) is 0 Å². The predicted molar refractivity (Wildman–Crippen MR) is 78.0 cm³/mol. The molecule has 1 atom stereocenters. The van der Waals surface area contributed by atoms with Gasteiger partial charge in [-0.2, -0.15) is 0 Å². The summed E-state index contributed by atoms with van der Waals surface area (Å²) in [4.78, 5) is 12.9. The van der Waals surface area contributed by atoms with Gasteiger partial charge in [-0.25, -0.2) is 0 Å². The van der Waals surface area contributed by atoms with E-state index in [0.717, 1.165) is 6.54 Å². The highest BCUT2D eigenvalue weighted by Gasteiger charge is 2.03. The summed E-state index contributed by atoms with van der Waals surface area (Å²) in [6.45, 7) is 6.98. The van der Waals surface area contributed by atoms with Crippen LogP contribution >= 0.6 is 0 Å². The molecule has 0 spiro atoms. The first-order chi connectivity index (χ1) is 9.13. The molecule has 0 heterocycles. The number of rotatable bonds is 5. The minimum atomic E-state index is -0.256. The maximum atomic E-state index is 10.7. The fourth-order valence-electron chi connectivity index (χ4n) is 1.72. The Morgan fingerprint density at radius 2 is 2.00 bits per heavy atom. The number of para-hydroxylation sites is 1. The van der Waals surface area contributed by atoms with Crippen LogP contribution in [0.4, 0.5) is 5.69 Å². The Labute approximate surface area is 115 Å². The number of hydrogen-bond acceptors (Lipinski definition) is 3. The van der Waals surface area contributed by atoms with Gasteiger partial charge in [-0.3, -0.25) is 4.79 Å². The highest BCUT2D eigenvalue weighted by Crippen LogP contribution is 2.11. The first kappa shape index (κ1) is 15.1. The molecule has 0 radical (unpaired) electrons. The average molecular weight is 259 g/mol. The van der Waals surface area contributed by atoms with Gasteiger partial charge >= 0.3 is 5.97 Å². The number of anilines is 1. The average Bonchev–Trinajstić information content (AvgIpc) is 2.39. The van der Waals surface area contributed by atoms with E-state index in [4.69, 9.17) is 4.74 Å². The lowest BCUT2D eigenvalue weighted by Gasteiger charge is -2.19. The number of carbonyl (C=O) groups excluding carboxylic acids is 1. The zero-order chi connectivity index (χ0) is 14.1. The Morgan fingerprint density at radius 1 is 1.32 bits per heavy atom. The second-order valence-corrected chi connectivity index (χ2v) is 4.33. The lowest BCUT2D eigenvalue weighted by molar-refractivity contribution is -0.145. The second-order valence-electron chi connectivity index (χ2n) is 4.33. The molecule has 1 aromatic carbocycles. The first-order valence-electron chi connectivity index (χ1n) is 6.56. The standard InChI is InChI=1S/C16H21NO2/c1-4-17(16-11-6-5-7-12-16)13-9-8-10-14(2)19-15(3)18/h5-7,11-12,14H,4,10,13H2,1-3H3. The van der Waals surface area contributed by atoms with Gasteiger partial charge in [0, 0.05) is 25.6 Å². The Hall–Kier alpha value is -1.95. The van der Waals surface area contributed by atoms with Crippen molar-refractivity contribution in [2.75, 3.05) is 18.0 Å². The Morgan fingerprint density at radius 3 is 2.58 bits per heavy atom. The molecule has 0 saturated carbocycles. The molecule has 0 bridgehead atoms. The maximum absolute atomic E-state index is 10.7. The molecule has 0 saturated heterocycles. The molecule has 0 fully saturated rings. The zero-order valence-electron chi connectivity index (χ0n) is 11.8. The largest absolute Gasteiger partial charge is 0.462 e. The molecule has 0 N–H and O–H groups in total. The van der Waals surface area contributed by atoms with Crippen molar-refractivity contribution in [1.82, 2.24) is 0 Å². The maximum Gasteiger partial charge on any atom is 0.302 e. The van der Waals surface area contributed by atoms with Crippen molar-refractivity contribution in [3.8, 4) is 11.8 Å². The third-order valence-corrected chi connectivity index (χ3v) is 2.65. The molecule has 102 valence electrons. The Bertz CT molecular complexity index is 445. The minimum Gasteiger partial charge on any atom is -0.462 e. The third kappa shape index (κ3) is 5.96. The van der Waals surface area contributed by atoms with Crippen LogP contribution in [0.3, 0.4) is 0 Å². The molecule has 3 nitrogen and oxygen atoms in total. The van der Waals surface area contributed by atoms with Crippen molar-refractivity contribution in [2.45, 2.75) is 33.3 Å². The van der Waals surface area contributed by atoms with Crippen LogP contribution in [0.2, 0.25) is 0 Å². The van der Waals surface area contributed by atoms with Crippen LogP contribution in [0.15, 0.2) is 30.3 Å². The van der Waals surface area contributed by atoms with E-state index in [9.17, 15) is 4.79 Å². The quantitative estimate of drug-likeness (QED) is 0.601. The summed E-state index contributed by atoms with van der Waals surface area (Å²) in [5, 5.41) is 0. The first-order valence-corrected chi connectivity index (χ1v) is 6.56. The second kappa shape index (κ2) is 8.20. The van der Waals surface area contributed by atoms with Crippen molar-refractivity contribution >= 4 is 11.7 Å². The van der Waals surface area contributed by atoms with Gasteiger partial charge in [0.2, 0.25) is 0 Å². The van der Waals surface area contributed by atoms with Crippen LogP contribution in [-0.4, -0.2) is 25.2 Å². The van der Waals surface area contributed by atoms with Gasteiger partial charge in [0.05, 0.1) is 6.54 Å². The number of benzene rings is 1. The van der Waals surface area contributed by atoms with Crippen molar-refractivity contribution in [3.05, 3.63) is 30.3 Å². The van der Waals surface area contributed by atoms with E-state index in [1.807, 2.05) is 25.1 Å². The molecule has 0 aromatic heterocycles. The van der Waals surface area contributed by atoms with Gasteiger partial charge in [0.1, 0.15) is 6.10 Å². The fraction of sp³-hybridized carbons (Fsp3) is 0.438. The predicted octanol–water partition coefficient (Wildman–Crippen LogP) is 2.86. The summed E-state index contributed by atoms with van der Waals surface area (Å²) in [5.74, 6) is 5.92. The van der Waals surface area contributed by atoms with Crippen LogP contribution in [0, 0.1) is 11.8 Å². The van der Waals surface area contributed by atoms with Gasteiger partial charge < -0.3 is 9.64 Å². The Kier molecular flexibility index (Phi) is 6.52. The molecular weight excluding hydrogens is 238 g/mol. The minimum absolute atomic E-state index is 0.142. The number of nitrogens with zero attached hydrogens (tertiary/aromatic N) is 1. The van der Waals surface area contributed by atoms with Crippen LogP contribution in [0.25, 0.3) is 0 Å². The zero-order valence-corrected chi connectivity index (χ0v) is 11.8. The normalized spacial score (nSPS) is 11.1. The molecule has 1 unspecified atom stereocenters. The summed E-state index contributed by atoms with van der Waals surface area (Å²) in [6.07, 6.45) is 0.433. The lowest BCUT2D eigenvalue weighted by Crippen LogP contribution is -2.22. The molecular formula is C16H21NO2. The summed E-state index contributed by atoms with van der Waals surface area (Å²) in [6, 6.07) is 10.2. The van der Waals surface area contributed by atoms with E-state index in [-0.39, 0.29) is 12.1 Å². The fourth-order valence-corrected chi connectivity index (χ4v) is 1.72. The summed E-state index contributed by atoms with van der Waals surface area (Å²) in [7, 11) is 0. The molecule has 0 amide bonds. The number of esters is 1. The van der Waals surface area contributed by atoms with Crippen molar-refractivity contribution in [1.29, 1.82) is 0 Å². The molecule has 3 heteroatoms. The molecule has 0 aliphatic carbocycles. The van der Waals surface area contributed by atoms with Gasteiger partial charge in [-0.05, 0) is 26.0 Å². The number of hydrogen-bond donors (Lipinski definition) is 0. The van der Waals surface area contributed by atoms with Gasteiger partial charge in [-0.1, -0.05) is 30.0 Å².